The Morgan fingerprint density at radius 2 is 1.72 bits per heavy atom. The Morgan fingerprint density at radius 3 is 2.53 bits per heavy atom. The van der Waals surface area contributed by atoms with Crippen LogP contribution in [0.15, 0.2) is 59.7 Å². The molecule has 1 aromatic carbocycles. The summed E-state index contributed by atoms with van der Waals surface area (Å²) in [6, 6.07) is 7.02. The fraction of sp³-hybridized carbons (Fsp3) is 0.562. The third kappa shape index (κ3) is 5.05. The molecule has 2 saturated carbocycles. The minimum absolute atomic E-state index is 0.561. The standard InChI is InChI=1S/C32H42/c1-24(26-13-4-2-5-14-26)11-8-12-25-21-29(27-15-6-3-7-16-27)23-30(22-25)32-20-10-18-28-17-9-19-31(28)32/h9-10,18-22,26-27,30H,1-8,11-17,23H2. The van der Waals surface area contributed by atoms with Gasteiger partial charge in [-0.25, -0.2) is 0 Å². The molecule has 170 valence electrons. The lowest BCUT2D eigenvalue weighted by Gasteiger charge is -2.31. The zero-order valence-corrected chi connectivity index (χ0v) is 20.1. The first-order chi connectivity index (χ1) is 15.8. The molecule has 0 saturated heterocycles. The first-order valence-corrected chi connectivity index (χ1v) is 13.6. The Bertz CT molecular complexity index is 896. The van der Waals surface area contributed by atoms with Crippen LogP contribution in [0.2, 0.25) is 0 Å². The number of rotatable bonds is 7. The van der Waals surface area contributed by atoms with Gasteiger partial charge in [0.2, 0.25) is 0 Å². The summed E-state index contributed by atoms with van der Waals surface area (Å²) >= 11 is 0. The van der Waals surface area contributed by atoms with Gasteiger partial charge in [0.25, 0.3) is 0 Å². The van der Waals surface area contributed by atoms with E-state index in [1.165, 1.54) is 101 Å². The molecule has 0 radical (unpaired) electrons. The second kappa shape index (κ2) is 10.4. The Balaban J connectivity index is 1.31. The fourth-order valence-electron chi connectivity index (χ4n) is 6.91. The largest absolute Gasteiger partial charge is 0.0996 e. The van der Waals surface area contributed by atoms with E-state index in [0.717, 1.165) is 18.3 Å². The molecule has 0 nitrogen and oxygen atoms in total. The van der Waals surface area contributed by atoms with E-state index >= 15 is 0 Å². The predicted octanol–water partition coefficient (Wildman–Crippen LogP) is 9.48. The van der Waals surface area contributed by atoms with Crippen molar-refractivity contribution in [2.75, 3.05) is 0 Å². The molecular weight excluding hydrogens is 384 g/mol. The molecule has 0 amide bonds. The van der Waals surface area contributed by atoms with Gasteiger partial charge in [0.1, 0.15) is 0 Å². The lowest BCUT2D eigenvalue weighted by atomic mass is 9.74. The lowest BCUT2D eigenvalue weighted by Crippen LogP contribution is -2.15. The highest BCUT2D eigenvalue weighted by atomic mass is 14.3. The summed E-state index contributed by atoms with van der Waals surface area (Å²) in [5.74, 6) is 2.20. The van der Waals surface area contributed by atoms with Crippen LogP contribution in [0.5, 0.6) is 0 Å². The van der Waals surface area contributed by atoms with E-state index in [-0.39, 0.29) is 0 Å². The van der Waals surface area contributed by atoms with Gasteiger partial charge < -0.3 is 0 Å². The van der Waals surface area contributed by atoms with Crippen molar-refractivity contribution in [3.8, 4) is 0 Å². The average molecular weight is 427 g/mol. The van der Waals surface area contributed by atoms with E-state index in [2.05, 4.69) is 49.1 Å². The molecule has 0 bridgehead atoms. The summed E-state index contributed by atoms with van der Waals surface area (Å²) in [4.78, 5) is 0. The van der Waals surface area contributed by atoms with Crippen molar-refractivity contribution in [2.45, 2.75) is 102 Å². The Hall–Kier alpha value is -1.82. The van der Waals surface area contributed by atoms with E-state index in [1.54, 1.807) is 22.3 Å². The third-order valence-electron chi connectivity index (χ3n) is 8.77. The number of benzene rings is 1. The van der Waals surface area contributed by atoms with E-state index in [9.17, 15) is 0 Å². The second-order valence-electron chi connectivity index (χ2n) is 11.0. The van der Waals surface area contributed by atoms with Crippen LogP contribution in [0, 0.1) is 11.8 Å². The maximum absolute atomic E-state index is 4.51. The van der Waals surface area contributed by atoms with Crippen LogP contribution in [0.3, 0.4) is 0 Å². The Kier molecular flexibility index (Phi) is 7.16. The normalized spacial score (nSPS) is 24.2. The minimum atomic E-state index is 0.561. The first kappa shape index (κ1) is 22.0. The molecule has 5 rings (SSSR count). The number of fused-ring (bicyclic) bond motifs is 1. The van der Waals surface area contributed by atoms with Crippen LogP contribution in [-0.4, -0.2) is 0 Å². The topological polar surface area (TPSA) is 0 Å². The van der Waals surface area contributed by atoms with Gasteiger partial charge in [-0.3, -0.25) is 0 Å². The smallest absolute Gasteiger partial charge is 0.00672 e. The van der Waals surface area contributed by atoms with E-state index in [0.29, 0.717) is 5.92 Å². The predicted molar refractivity (Wildman–Crippen MR) is 139 cm³/mol. The first-order valence-electron chi connectivity index (χ1n) is 13.6. The van der Waals surface area contributed by atoms with Crippen LogP contribution in [0.1, 0.15) is 112 Å². The van der Waals surface area contributed by atoms with Crippen LogP contribution < -0.4 is 0 Å². The van der Waals surface area contributed by atoms with Gasteiger partial charge in [0, 0.05) is 5.92 Å². The molecule has 0 heterocycles. The minimum Gasteiger partial charge on any atom is -0.0996 e. The molecule has 0 aliphatic heterocycles. The van der Waals surface area contributed by atoms with Gasteiger partial charge in [0.05, 0.1) is 0 Å². The van der Waals surface area contributed by atoms with Crippen LogP contribution in [0.4, 0.5) is 0 Å². The van der Waals surface area contributed by atoms with E-state index < -0.39 is 0 Å². The Morgan fingerprint density at radius 1 is 0.938 bits per heavy atom. The lowest BCUT2D eigenvalue weighted by molar-refractivity contribution is 0.390. The van der Waals surface area contributed by atoms with Crippen molar-refractivity contribution >= 4 is 6.08 Å². The summed E-state index contributed by atoms with van der Waals surface area (Å²) in [6.45, 7) is 4.51. The molecule has 1 atom stereocenters. The summed E-state index contributed by atoms with van der Waals surface area (Å²) in [5.41, 5.74) is 9.52. The van der Waals surface area contributed by atoms with Crippen molar-refractivity contribution in [3.63, 3.8) is 0 Å². The summed E-state index contributed by atoms with van der Waals surface area (Å²) in [7, 11) is 0. The SMILES string of the molecule is C=C(CCCC1=CC(c2cccc3c2C=CC3)CC(C2CCCCC2)=C1)C1CCCCC1. The van der Waals surface area contributed by atoms with Crippen LogP contribution >= 0.6 is 0 Å². The molecule has 0 aromatic heterocycles. The van der Waals surface area contributed by atoms with Crippen molar-refractivity contribution < 1.29 is 0 Å². The molecule has 0 spiro atoms. The van der Waals surface area contributed by atoms with E-state index in [1.807, 2.05) is 0 Å². The quantitative estimate of drug-likeness (QED) is 0.381. The molecule has 1 aromatic rings. The molecule has 4 aliphatic rings. The van der Waals surface area contributed by atoms with Crippen molar-refractivity contribution in [1.82, 2.24) is 0 Å². The van der Waals surface area contributed by atoms with Crippen molar-refractivity contribution in [2.24, 2.45) is 11.8 Å². The molecule has 1 unspecified atom stereocenters. The van der Waals surface area contributed by atoms with Crippen molar-refractivity contribution in [1.29, 1.82) is 0 Å². The molecule has 0 heteroatoms. The van der Waals surface area contributed by atoms with Gasteiger partial charge in [-0.2, -0.15) is 0 Å². The summed E-state index contributed by atoms with van der Waals surface area (Å²) in [5, 5.41) is 0. The van der Waals surface area contributed by atoms with E-state index in [4.69, 9.17) is 0 Å². The number of hydrogen-bond donors (Lipinski definition) is 0. The molecule has 2 fully saturated rings. The fourth-order valence-corrected chi connectivity index (χ4v) is 6.91. The zero-order valence-electron chi connectivity index (χ0n) is 20.1. The highest BCUT2D eigenvalue weighted by Gasteiger charge is 2.26. The van der Waals surface area contributed by atoms with Gasteiger partial charge in [-0.1, -0.05) is 104 Å². The molecular formula is C32H42. The molecule has 32 heavy (non-hydrogen) atoms. The highest BCUT2D eigenvalue weighted by Crippen LogP contribution is 2.42. The summed E-state index contributed by atoms with van der Waals surface area (Å²) < 4.78 is 0. The van der Waals surface area contributed by atoms with Gasteiger partial charge in [0.15, 0.2) is 0 Å². The second-order valence-corrected chi connectivity index (χ2v) is 11.0. The van der Waals surface area contributed by atoms with Crippen molar-refractivity contribution in [3.05, 3.63) is 76.4 Å². The number of allylic oxidation sites excluding steroid dienone is 6. The number of hydrogen-bond acceptors (Lipinski definition) is 0. The zero-order chi connectivity index (χ0) is 21.8. The van der Waals surface area contributed by atoms with Gasteiger partial charge >= 0.3 is 0 Å². The van der Waals surface area contributed by atoms with Crippen LogP contribution in [0.25, 0.3) is 6.08 Å². The molecule has 0 N–H and O–H groups in total. The maximum Gasteiger partial charge on any atom is 0.00672 e. The van der Waals surface area contributed by atoms with Gasteiger partial charge in [-0.05, 0) is 86.3 Å². The maximum atomic E-state index is 4.51. The van der Waals surface area contributed by atoms with Gasteiger partial charge in [-0.15, -0.1) is 0 Å². The van der Waals surface area contributed by atoms with Crippen LogP contribution in [-0.2, 0) is 6.42 Å². The third-order valence-corrected chi connectivity index (χ3v) is 8.77. The molecule has 4 aliphatic carbocycles. The average Bonchev–Trinajstić information content (AvgIpc) is 3.34. The Labute approximate surface area is 196 Å². The highest BCUT2D eigenvalue weighted by molar-refractivity contribution is 5.65. The summed E-state index contributed by atoms with van der Waals surface area (Å²) in [6.07, 6.45) is 30.2. The monoisotopic (exact) mass is 426 g/mol.